The Bertz CT molecular complexity index is 198. The van der Waals surface area contributed by atoms with E-state index in [2.05, 4.69) is 33.8 Å². The van der Waals surface area contributed by atoms with Crippen LogP contribution in [0.25, 0.3) is 0 Å². The van der Waals surface area contributed by atoms with Crippen LogP contribution in [0.4, 0.5) is 0 Å². The maximum Gasteiger partial charge on any atom is 0.106 e. The fourth-order valence-corrected chi connectivity index (χ4v) is 0.974. The Morgan fingerprint density at radius 2 is 1.54 bits per heavy atom. The summed E-state index contributed by atoms with van der Waals surface area (Å²) in [6, 6.07) is 2.15. The second kappa shape index (κ2) is 5.85. The van der Waals surface area contributed by atoms with Crippen LogP contribution in [0.5, 0.6) is 0 Å². The van der Waals surface area contributed by atoms with Crippen molar-refractivity contribution in [1.82, 2.24) is 0 Å². The fraction of sp³-hybridized carbons (Fsp3) is 0.667. The molecule has 1 heteroatoms. The van der Waals surface area contributed by atoms with Gasteiger partial charge in [0.25, 0.3) is 0 Å². The Balaban J connectivity index is 0.000000671. The summed E-state index contributed by atoms with van der Waals surface area (Å²) >= 11 is 0. The highest BCUT2D eigenvalue weighted by atomic mass is 16.3. The van der Waals surface area contributed by atoms with E-state index < -0.39 is 0 Å². The third-order valence-corrected chi connectivity index (χ3v) is 1.88. The summed E-state index contributed by atoms with van der Waals surface area (Å²) < 4.78 is 5.39. The van der Waals surface area contributed by atoms with Gasteiger partial charge in [-0.2, -0.15) is 0 Å². The van der Waals surface area contributed by atoms with Crippen molar-refractivity contribution in [1.29, 1.82) is 0 Å². The highest BCUT2D eigenvalue weighted by Crippen LogP contribution is 2.22. The highest BCUT2D eigenvalue weighted by molar-refractivity contribution is 5.18. The molecule has 0 unspecified atom stereocenters. The van der Waals surface area contributed by atoms with Gasteiger partial charge >= 0.3 is 0 Å². The topological polar surface area (TPSA) is 13.1 Å². The molecule has 1 rings (SSSR count). The molecule has 0 aromatic carbocycles. The first-order valence-corrected chi connectivity index (χ1v) is 5.19. The van der Waals surface area contributed by atoms with E-state index in [0.29, 0.717) is 11.8 Å². The van der Waals surface area contributed by atoms with Crippen molar-refractivity contribution < 1.29 is 4.42 Å². The molecule has 0 bridgehead atoms. The Morgan fingerprint density at radius 3 is 1.77 bits per heavy atom. The average Bonchev–Trinajstić information content (AvgIpc) is 2.56. The maximum absolute atomic E-state index is 5.39. The number of hydrogen-bond acceptors (Lipinski definition) is 1. The molecule has 0 saturated heterocycles. The largest absolute Gasteiger partial charge is 0.469 e. The van der Waals surface area contributed by atoms with Gasteiger partial charge in [0, 0.05) is 5.92 Å². The summed E-state index contributed by atoms with van der Waals surface area (Å²) in [4.78, 5) is 0. The van der Waals surface area contributed by atoms with Crippen molar-refractivity contribution in [2.75, 3.05) is 0 Å². The molecule has 0 atom stereocenters. The minimum absolute atomic E-state index is 0.502. The maximum atomic E-state index is 5.39. The molecule has 0 saturated carbocycles. The normalized spacial score (nSPS) is 10.2. The van der Waals surface area contributed by atoms with E-state index in [1.807, 2.05) is 20.1 Å². The summed E-state index contributed by atoms with van der Waals surface area (Å²) in [6.45, 7) is 12.6. The molecule has 0 fully saturated rings. The quantitative estimate of drug-likeness (QED) is 0.653. The van der Waals surface area contributed by atoms with Crippen LogP contribution in [-0.4, -0.2) is 0 Å². The van der Waals surface area contributed by atoms with Crippen LogP contribution in [0.3, 0.4) is 0 Å². The van der Waals surface area contributed by atoms with Crippen LogP contribution < -0.4 is 0 Å². The van der Waals surface area contributed by atoms with E-state index in [-0.39, 0.29) is 0 Å². The monoisotopic (exact) mass is 182 g/mol. The summed E-state index contributed by atoms with van der Waals surface area (Å²) in [5.41, 5.74) is 1.30. The summed E-state index contributed by atoms with van der Waals surface area (Å²) in [5, 5.41) is 0. The molecular formula is C12H22O. The Hall–Kier alpha value is -0.720. The van der Waals surface area contributed by atoms with Gasteiger partial charge in [0.05, 0.1) is 6.26 Å². The molecule has 0 aliphatic rings. The van der Waals surface area contributed by atoms with E-state index in [9.17, 15) is 0 Å². The molecule has 0 aliphatic carbocycles. The van der Waals surface area contributed by atoms with E-state index in [0.717, 1.165) is 5.76 Å². The molecule has 0 aliphatic heterocycles. The fourth-order valence-electron chi connectivity index (χ4n) is 0.974. The van der Waals surface area contributed by atoms with Crippen molar-refractivity contribution in [3.05, 3.63) is 23.7 Å². The first kappa shape index (κ1) is 12.3. The molecule has 0 spiro atoms. The van der Waals surface area contributed by atoms with Gasteiger partial charge in [0.1, 0.15) is 5.76 Å². The van der Waals surface area contributed by atoms with Crippen molar-refractivity contribution in [2.24, 2.45) is 0 Å². The standard InChI is InChI=1S/C10H16O.C2H6/c1-7(2)9-5-10(8(3)4)11-6-9;1-2/h5-8H,1-4H3;1-2H3. The Kier molecular flexibility index (Phi) is 5.52. The molecule has 1 aromatic rings. The predicted octanol–water partition coefficient (Wildman–Crippen LogP) is 4.55. The third-order valence-electron chi connectivity index (χ3n) is 1.88. The van der Waals surface area contributed by atoms with Gasteiger partial charge in [0.15, 0.2) is 0 Å². The minimum atomic E-state index is 0.502. The number of hydrogen-bond donors (Lipinski definition) is 0. The lowest BCUT2D eigenvalue weighted by molar-refractivity contribution is 0.484. The van der Waals surface area contributed by atoms with Crippen LogP contribution in [0.15, 0.2) is 16.7 Å². The van der Waals surface area contributed by atoms with Crippen LogP contribution in [0, 0.1) is 0 Å². The zero-order valence-electron chi connectivity index (χ0n) is 9.72. The Morgan fingerprint density at radius 1 is 1.00 bits per heavy atom. The van der Waals surface area contributed by atoms with E-state index in [1.165, 1.54) is 5.56 Å². The molecule has 1 aromatic heterocycles. The third kappa shape index (κ3) is 3.67. The molecule has 13 heavy (non-hydrogen) atoms. The van der Waals surface area contributed by atoms with E-state index in [1.54, 1.807) is 0 Å². The first-order chi connectivity index (χ1) is 6.11. The zero-order chi connectivity index (χ0) is 10.4. The first-order valence-electron chi connectivity index (χ1n) is 5.19. The second-order valence-electron chi connectivity index (χ2n) is 3.59. The SMILES string of the molecule is CC.CC(C)c1coc(C(C)C)c1. The van der Waals surface area contributed by atoms with E-state index in [4.69, 9.17) is 4.42 Å². The molecule has 1 nitrogen and oxygen atoms in total. The van der Waals surface area contributed by atoms with Crippen molar-refractivity contribution >= 4 is 0 Å². The molecule has 1 heterocycles. The second-order valence-corrected chi connectivity index (χ2v) is 3.59. The number of rotatable bonds is 2. The summed E-state index contributed by atoms with van der Waals surface area (Å²) in [5.74, 6) is 2.17. The summed E-state index contributed by atoms with van der Waals surface area (Å²) in [6.07, 6.45) is 1.86. The van der Waals surface area contributed by atoms with Crippen LogP contribution >= 0.6 is 0 Å². The zero-order valence-corrected chi connectivity index (χ0v) is 9.72. The van der Waals surface area contributed by atoms with Gasteiger partial charge in [-0.1, -0.05) is 41.5 Å². The average molecular weight is 182 g/mol. The van der Waals surface area contributed by atoms with Gasteiger partial charge in [-0.15, -0.1) is 0 Å². The van der Waals surface area contributed by atoms with Crippen molar-refractivity contribution in [2.45, 2.75) is 53.4 Å². The van der Waals surface area contributed by atoms with Crippen LogP contribution in [0.1, 0.15) is 64.7 Å². The molecule has 0 N–H and O–H groups in total. The van der Waals surface area contributed by atoms with Gasteiger partial charge in [-0.05, 0) is 17.5 Å². The van der Waals surface area contributed by atoms with Gasteiger partial charge in [-0.25, -0.2) is 0 Å². The lowest BCUT2D eigenvalue weighted by Crippen LogP contribution is -1.83. The van der Waals surface area contributed by atoms with E-state index >= 15 is 0 Å². The van der Waals surface area contributed by atoms with Crippen LogP contribution in [0.2, 0.25) is 0 Å². The van der Waals surface area contributed by atoms with Crippen molar-refractivity contribution in [3.63, 3.8) is 0 Å². The lowest BCUT2D eigenvalue weighted by atomic mass is 10.1. The molecule has 0 radical (unpaired) electrons. The number of furan rings is 1. The lowest BCUT2D eigenvalue weighted by Gasteiger charge is -1.97. The Labute approximate surface area is 82.2 Å². The highest BCUT2D eigenvalue weighted by Gasteiger charge is 2.07. The van der Waals surface area contributed by atoms with Crippen molar-refractivity contribution in [3.8, 4) is 0 Å². The predicted molar refractivity (Wildman–Crippen MR) is 58.2 cm³/mol. The molecule has 0 amide bonds. The molecule has 76 valence electrons. The van der Waals surface area contributed by atoms with Gasteiger partial charge in [-0.3, -0.25) is 0 Å². The van der Waals surface area contributed by atoms with Crippen LogP contribution in [-0.2, 0) is 0 Å². The minimum Gasteiger partial charge on any atom is -0.469 e. The van der Waals surface area contributed by atoms with Gasteiger partial charge < -0.3 is 4.42 Å². The molecular weight excluding hydrogens is 160 g/mol. The smallest absolute Gasteiger partial charge is 0.106 e. The summed E-state index contributed by atoms with van der Waals surface area (Å²) in [7, 11) is 0. The van der Waals surface area contributed by atoms with Gasteiger partial charge in [0.2, 0.25) is 0 Å².